The highest BCUT2D eigenvalue weighted by Crippen LogP contribution is 2.36. The van der Waals surface area contributed by atoms with Crippen molar-refractivity contribution in [3.8, 4) is 17.7 Å². The number of nitrogens with two attached hydrogens (primary N) is 1. The highest BCUT2D eigenvalue weighted by molar-refractivity contribution is 6.02. The number of amides is 2. The molecule has 0 radical (unpaired) electrons. The van der Waals surface area contributed by atoms with Gasteiger partial charge in [-0.1, -0.05) is 24.3 Å². The van der Waals surface area contributed by atoms with Gasteiger partial charge in [-0.2, -0.15) is 10.4 Å². The summed E-state index contributed by atoms with van der Waals surface area (Å²) in [5.41, 5.74) is 6.22. The van der Waals surface area contributed by atoms with E-state index in [1.165, 1.54) is 0 Å². The predicted molar refractivity (Wildman–Crippen MR) is 136 cm³/mol. The number of hydrogen-bond donors (Lipinski definition) is 2. The predicted octanol–water partition coefficient (Wildman–Crippen LogP) is 3.42. The van der Waals surface area contributed by atoms with Gasteiger partial charge in [0.05, 0.1) is 18.0 Å². The Morgan fingerprint density at radius 1 is 1.16 bits per heavy atom. The number of piperidine rings is 1. The Labute approximate surface area is 215 Å². The molecule has 3 aromatic rings. The topological polar surface area (TPSA) is 139 Å². The molecule has 0 spiro atoms. The average molecular weight is 500 g/mol. The van der Waals surface area contributed by atoms with E-state index in [4.69, 9.17) is 10.5 Å². The summed E-state index contributed by atoms with van der Waals surface area (Å²) in [4.78, 5) is 31.1. The molecule has 1 saturated carbocycles. The van der Waals surface area contributed by atoms with Gasteiger partial charge in [-0.25, -0.2) is 4.98 Å². The second-order valence-electron chi connectivity index (χ2n) is 9.72. The van der Waals surface area contributed by atoms with E-state index in [0.29, 0.717) is 18.7 Å². The van der Waals surface area contributed by atoms with Crippen LogP contribution in [0.15, 0.2) is 54.9 Å². The molecule has 0 bridgehead atoms. The number of likely N-dealkylation sites (tertiary alicyclic amines) is 1. The minimum atomic E-state index is -0.658. The molecule has 2 fully saturated rings. The number of nitriles is 1. The lowest BCUT2D eigenvalue weighted by Gasteiger charge is -2.40. The minimum Gasteiger partial charge on any atom is -0.439 e. The fraction of sp³-hybridized carbons (Fsp3) is 0.370. The first kappa shape index (κ1) is 24.5. The van der Waals surface area contributed by atoms with Gasteiger partial charge in [0.15, 0.2) is 5.82 Å². The van der Waals surface area contributed by atoms with E-state index in [1.54, 1.807) is 10.9 Å². The van der Waals surface area contributed by atoms with Crippen molar-refractivity contribution in [2.24, 2.45) is 11.7 Å². The molecule has 1 saturated heterocycles. The maximum Gasteiger partial charge on any atom is 0.254 e. The Balaban J connectivity index is 1.24. The summed E-state index contributed by atoms with van der Waals surface area (Å²) in [6.45, 7) is 2.19. The molecule has 1 aliphatic carbocycles. The number of hydrogen-bond acceptors (Lipinski definition) is 7. The van der Waals surface area contributed by atoms with Crippen LogP contribution in [0, 0.1) is 17.2 Å². The number of aromatic nitrogens is 3. The van der Waals surface area contributed by atoms with Crippen LogP contribution < -0.4 is 15.8 Å². The molecule has 10 nitrogen and oxygen atoms in total. The maximum absolute atomic E-state index is 12.3. The van der Waals surface area contributed by atoms with Crippen molar-refractivity contribution in [1.29, 1.82) is 5.26 Å². The molecule has 2 amide bonds. The lowest BCUT2D eigenvalue weighted by atomic mass is 9.85. The van der Waals surface area contributed by atoms with Crippen LogP contribution in [0.25, 0.3) is 0 Å². The van der Waals surface area contributed by atoms with Crippen LogP contribution in [0.1, 0.15) is 48.0 Å². The standard InChI is InChI=1S/C27H29N7O3/c28-13-10-27(34-18-22(24(29)35)25(32-34)31-26(36)20-7-8-20)11-14-33(15-12-27)17-19-6-9-23(30-16-19)37-21-4-2-1-3-5-21/h1-6,9,16,18,20H,7-8,10-12,14-15,17H2,(H2,29,35)(H,31,32,36). The summed E-state index contributed by atoms with van der Waals surface area (Å²) in [5.74, 6) is 0.611. The number of pyridine rings is 1. The Bertz CT molecular complexity index is 1300. The summed E-state index contributed by atoms with van der Waals surface area (Å²) in [7, 11) is 0. The summed E-state index contributed by atoms with van der Waals surface area (Å²) in [6, 6.07) is 15.7. The Morgan fingerprint density at radius 3 is 2.54 bits per heavy atom. The number of para-hydroxylation sites is 1. The van der Waals surface area contributed by atoms with Crippen LogP contribution >= 0.6 is 0 Å². The zero-order valence-electron chi connectivity index (χ0n) is 20.5. The zero-order chi connectivity index (χ0) is 25.8. The van der Waals surface area contributed by atoms with E-state index >= 15 is 0 Å². The van der Waals surface area contributed by atoms with Crippen LogP contribution in [0.5, 0.6) is 11.6 Å². The maximum atomic E-state index is 12.3. The first-order valence-electron chi connectivity index (χ1n) is 12.4. The molecule has 0 atom stereocenters. The Morgan fingerprint density at radius 2 is 1.92 bits per heavy atom. The van der Waals surface area contributed by atoms with Crippen molar-refractivity contribution >= 4 is 17.6 Å². The lowest BCUT2D eigenvalue weighted by molar-refractivity contribution is -0.117. The van der Waals surface area contributed by atoms with Gasteiger partial charge in [-0.3, -0.25) is 19.2 Å². The van der Waals surface area contributed by atoms with Crippen molar-refractivity contribution < 1.29 is 14.3 Å². The molecule has 10 heteroatoms. The molecule has 3 N–H and O–H groups in total. The number of primary amides is 1. The molecule has 190 valence electrons. The molecule has 5 rings (SSSR count). The third kappa shape index (κ3) is 5.62. The number of carbonyl (C=O) groups is 2. The highest BCUT2D eigenvalue weighted by Gasteiger charge is 2.39. The number of nitrogens with one attached hydrogen (secondary N) is 1. The third-order valence-corrected chi connectivity index (χ3v) is 7.02. The number of rotatable bonds is 9. The smallest absolute Gasteiger partial charge is 0.254 e. The number of nitrogens with zero attached hydrogens (tertiary/aromatic N) is 5. The van der Waals surface area contributed by atoms with Crippen LogP contribution in [0.2, 0.25) is 0 Å². The van der Waals surface area contributed by atoms with E-state index in [2.05, 4.69) is 26.4 Å². The summed E-state index contributed by atoms with van der Waals surface area (Å²) in [6.07, 6.45) is 6.64. The normalized spacial score (nSPS) is 17.1. The number of benzene rings is 1. The average Bonchev–Trinajstić information content (AvgIpc) is 3.67. The van der Waals surface area contributed by atoms with Crippen LogP contribution in [0.3, 0.4) is 0 Å². The lowest BCUT2D eigenvalue weighted by Crippen LogP contribution is -2.46. The molecule has 2 aliphatic rings. The first-order chi connectivity index (χ1) is 18.0. The van der Waals surface area contributed by atoms with E-state index in [0.717, 1.165) is 43.8 Å². The summed E-state index contributed by atoms with van der Waals surface area (Å²) < 4.78 is 7.45. The van der Waals surface area contributed by atoms with Crippen LogP contribution in [-0.4, -0.2) is 44.6 Å². The molecule has 2 aromatic heterocycles. The molecule has 0 unspecified atom stereocenters. The zero-order valence-corrected chi connectivity index (χ0v) is 20.5. The fourth-order valence-electron chi connectivity index (χ4n) is 4.65. The number of ether oxygens (including phenoxy) is 1. The van der Waals surface area contributed by atoms with Crippen molar-refractivity contribution in [1.82, 2.24) is 19.7 Å². The SMILES string of the molecule is N#CCC1(n2cc(C(N)=O)c(NC(=O)C3CC3)n2)CCN(Cc2ccc(Oc3ccccc3)nc2)CC1. The molecule has 1 aliphatic heterocycles. The number of carbonyl (C=O) groups excluding carboxylic acids is 2. The second kappa shape index (κ2) is 10.4. The fourth-order valence-corrected chi connectivity index (χ4v) is 4.65. The van der Waals surface area contributed by atoms with Gasteiger partial charge >= 0.3 is 0 Å². The number of anilines is 1. The third-order valence-electron chi connectivity index (χ3n) is 7.02. The van der Waals surface area contributed by atoms with Gasteiger partial charge < -0.3 is 15.8 Å². The van der Waals surface area contributed by atoms with E-state index < -0.39 is 11.4 Å². The van der Waals surface area contributed by atoms with Gasteiger partial charge in [-0.15, -0.1) is 0 Å². The Hall–Kier alpha value is -4.23. The molecular formula is C27H29N7O3. The van der Waals surface area contributed by atoms with Crippen molar-refractivity contribution in [3.63, 3.8) is 0 Å². The van der Waals surface area contributed by atoms with Gasteiger partial charge in [0.25, 0.3) is 5.91 Å². The monoisotopic (exact) mass is 499 g/mol. The van der Waals surface area contributed by atoms with Gasteiger partial charge in [0.1, 0.15) is 11.3 Å². The second-order valence-corrected chi connectivity index (χ2v) is 9.72. The largest absolute Gasteiger partial charge is 0.439 e. The van der Waals surface area contributed by atoms with Crippen LogP contribution in [0.4, 0.5) is 5.82 Å². The van der Waals surface area contributed by atoms with E-state index in [9.17, 15) is 14.9 Å². The van der Waals surface area contributed by atoms with Gasteiger partial charge in [0.2, 0.25) is 11.8 Å². The van der Waals surface area contributed by atoms with Gasteiger partial charge in [-0.05, 0) is 43.4 Å². The molecular weight excluding hydrogens is 470 g/mol. The molecule has 1 aromatic carbocycles. The van der Waals surface area contributed by atoms with Crippen molar-refractivity contribution in [2.75, 3.05) is 18.4 Å². The van der Waals surface area contributed by atoms with Gasteiger partial charge in [0, 0.05) is 44.0 Å². The van der Waals surface area contributed by atoms with E-state index in [1.807, 2.05) is 48.7 Å². The highest BCUT2D eigenvalue weighted by atomic mass is 16.5. The van der Waals surface area contributed by atoms with E-state index in [-0.39, 0.29) is 29.6 Å². The summed E-state index contributed by atoms with van der Waals surface area (Å²) >= 11 is 0. The van der Waals surface area contributed by atoms with Crippen LogP contribution in [-0.2, 0) is 16.9 Å². The first-order valence-corrected chi connectivity index (χ1v) is 12.4. The van der Waals surface area contributed by atoms with Crippen molar-refractivity contribution in [3.05, 3.63) is 66.0 Å². The quantitative estimate of drug-likeness (QED) is 0.460. The Kier molecular flexibility index (Phi) is 6.88. The molecule has 3 heterocycles. The molecule has 37 heavy (non-hydrogen) atoms. The van der Waals surface area contributed by atoms with Crippen molar-refractivity contribution in [2.45, 2.75) is 44.2 Å². The summed E-state index contributed by atoms with van der Waals surface area (Å²) in [5, 5.41) is 16.9. The minimum absolute atomic E-state index is 0.0318.